The molecule has 0 aliphatic heterocycles. The quantitative estimate of drug-likeness (QED) is 0.736. The molecule has 1 aromatic carbocycles. The lowest BCUT2D eigenvalue weighted by Crippen LogP contribution is -2.08. The minimum absolute atomic E-state index is 0.0651. The average Bonchev–Trinajstić information content (AvgIpc) is 2.98. The van der Waals surface area contributed by atoms with E-state index in [1.165, 1.54) is 25.3 Å². The third kappa shape index (κ3) is 2.73. The van der Waals surface area contributed by atoms with Crippen molar-refractivity contribution in [3.8, 4) is 11.5 Å². The number of carbonyl (C=O) groups excluding carboxylic acids is 1. The van der Waals surface area contributed by atoms with Crippen LogP contribution in [0.1, 0.15) is 21.7 Å². The Labute approximate surface area is 132 Å². The number of nitrogens with zero attached hydrogens (tertiary/aromatic N) is 4. The van der Waals surface area contributed by atoms with Crippen molar-refractivity contribution in [2.45, 2.75) is 6.18 Å². The van der Waals surface area contributed by atoms with Crippen LogP contribution in [0.2, 0.25) is 0 Å². The lowest BCUT2D eigenvalue weighted by atomic mass is 10.0. The third-order valence-electron chi connectivity index (χ3n) is 3.16. The van der Waals surface area contributed by atoms with Gasteiger partial charge in [0.25, 0.3) is 11.6 Å². The zero-order chi connectivity index (χ0) is 17.5. The van der Waals surface area contributed by atoms with Crippen LogP contribution in [0.3, 0.4) is 0 Å². The van der Waals surface area contributed by atoms with E-state index in [0.29, 0.717) is 5.75 Å². The summed E-state index contributed by atoms with van der Waals surface area (Å²) < 4.78 is 43.6. The van der Waals surface area contributed by atoms with Crippen molar-refractivity contribution in [2.75, 3.05) is 7.11 Å². The van der Waals surface area contributed by atoms with Crippen molar-refractivity contribution in [3.63, 3.8) is 0 Å². The summed E-state index contributed by atoms with van der Waals surface area (Å²) in [6.45, 7) is 0. The number of hydrogen-bond donors (Lipinski definition) is 1. The molecule has 3 rings (SSSR count). The molecule has 3 aromatic rings. The monoisotopic (exact) mass is 338 g/mol. The number of alkyl halides is 3. The van der Waals surface area contributed by atoms with Gasteiger partial charge in [-0.2, -0.15) is 18.2 Å². The summed E-state index contributed by atoms with van der Waals surface area (Å²) in [7, 11) is 1.39. The molecule has 124 valence electrons. The molecule has 0 spiro atoms. The fraction of sp³-hybridized carbons (Fsp3) is 0.143. The van der Waals surface area contributed by atoms with E-state index in [1.54, 1.807) is 0 Å². The number of fused-ring (bicyclic) bond motifs is 1. The number of phenols is 1. The van der Waals surface area contributed by atoms with Gasteiger partial charge in [-0.1, -0.05) is 0 Å². The molecule has 2 aromatic heterocycles. The van der Waals surface area contributed by atoms with E-state index in [1.807, 2.05) is 0 Å². The summed E-state index contributed by atoms with van der Waals surface area (Å²) in [5.41, 5.74) is -0.142. The molecule has 1 N–H and O–H groups in total. The molecule has 0 saturated heterocycles. The average molecular weight is 338 g/mol. The number of ketones is 1. The number of benzene rings is 1. The minimum atomic E-state index is -4.72. The number of halogens is 3. The van der Waals surface area contributed by atoms with Crippen LogP contribution in [0.25, 0.3) is 5.78 Å². The van der Waals surface area contributed by atoms with Crippen molar-refractivity contribution in [3.05, 3.63) is 47.5 Å². The van der Waals surface area contributed by atoms with E-state index in [2.05, 4.69) is 15.1 Å². The number of hydrogen-bond acceptors (Lipinski definition) is 6. The molecule has 7 nitrogen and oxygen atoms in total. The van der Waals surface area contributed by atoms with Crippen LogP contribution in [-0.2, 0) is 6.18 Å². The van der Waals surface area contributed by atoms with Gasteiger partial charge in [0.2, 0.25) is 0 Å². The normalized spacial score (nSPS) is 11.7. The molecule has 2 heterocycles. The predicted molar refractivity (Wildman–Crippen MR) is 73.9 cm³/mol. The second kappa shape index (κ2) is 5.48. The summed E-state index contributed by atoms with van der Waals surface area (Å²) in [5.74, 6) is -2.26. The summed E-state index contributed by atoms with van der Waals surface area (Å²) in [5, 5.41) is 13.1. The molecule has 0 saturated carbocycles. The van der Waals surface area contributed by atoms with E-state index in [4.69, 9.17) is 4.74 Å². The van der Waals surface area contributed by atoms with Crippen molar-refractivity contribution < 1.29 is 27.8 Å². The smallest absolute Gasteiger partial charge is 0.453 e. The number of aromatic nitrogens is 4. The predicted octanol–water partition coefficient (Wildman–Crippen LogP) is 2.09. The molecule has 10 heteroatoms. The molecule has 0 aliphatic carbocycles. The minimum Gasteiger partial charge on any atom is -0.507 e. The lowest BCUT2D eigenvalue weighted by molar-refractivity contribution is -0.144. The lowest BCUT2D eigenvalue weighted by Gasteiger charge is -2.06. The highest BCUT2D eigenvalue weighted by Gasteiger charge is 2.36. The van der Waals surface area contributed by atoms with Gasteiger partial charge in [0.05, 0.1) is 18.2 Å². The van der Waals surface area contributed by atoms with Crippen molar-refractivity contribution >= 4 is 11.6 Å². The Hall–Kier alpha value is -3.17. The third-order valence-corrected chi connectivity index (χ3v) is 3.16. The number of carbonyl (C=O) groups is 1. The van der Waals surface area contributed by atoms with E-state index in [0.717, 1.165) is 16.9 Å². The number of phenolic OH excluding ortho intramolecular Hbond substituents is 1. The van der Waals surface area contributed by atoms with Gasteiger partial charge in [-0.15, -0.1) is 5.10 Å². The first-order valence-corrected chi connectivity index (χ1v) is 6.51. The Balaban J connectivity index is 2.04. The van der Waals surface area contributed by atoms with Gasteiger partial charge in [0, 0.05) is 12.4 Å². The van der Waals surface area contributed by atoms with Gasteiger partial charge in [-0.05, 0) is 18.2 Å². The van der Waals surface area contributed by atoms with Gasteiger partial charge in [-0.3, -0.25) is 4.79 Å². The van der Waals surface area contributed by atoms with Crippen molar-refractivity contribution in [1.29, 1.82) is 0 Å². The molecular weight excluding hydrogens is 329 g/mol. The van der Waals surface area contributed by atoms with Crippen molar-refractivity contribution in [2.24, 2.45) is 0 Å². The Bertz CT molecular complexity index is 937. The maximum Gasteiger partial charge on any atom is 0.453 e. The van der Waals surface area contributed by atoms with Gasteiger partial charge in [0.15, 0.2) is 5.78 Å². The van der Waals surface area contributed by atoms with Gasteiger partial charge >= 0.3 is 6.18 Å². The maximum absolute atomic E-state index is 12.6. The molecular formula is C14H9F3N4O3. The first-order valence-electron chi connectivity index (χ1n) is 6.51. The molecule has 0 bridgehead atoms. The van der Waals surface area contributed by atoms with Crippen LogP contribution < -0.4 is 4.74 Å². The maximum atomic E-state index is 12.6. The fourth-order valence-electron chi connectivity index (χ4n) is 2.00. The Morgan fingerprint density at radius 3 is 2.75 bits per heavy atom. The topological polar surface area (TPSA) is 89.6 Å². The van der Waals surface area contributed by atoms with Crippen LogP contribution in [0.4, 0.5) is 13.2 Å². The number of aromatic hydroxyl groups is 1. The molecule has 24 heavy (non-hydrogen) atoms. The first-order chi connectivity index (χ1) is 11.3. The Morgan fingerprint density at radius 2 is 2.08 bits per heavy atom. The van der Waals surface area contributed by atoms with Crippen LogP contribution in [0.15, 0.2) is 30.6 Å². The number of ether oxygens (including phenoxy) is 1. The molecule has 0 unspecified atom stereocenters. The Kier molecular flexibility index (Phi) is 3.59. The summed E-state index contributed by atoms with van der Waals surface area (Å²) in [6, 6.07) is 4.04. The van der Waals surface area contributed by atoms with E-state index >= 15 is 0 Å². The van der Waals surface area contributed by atoms with Gasteiger partial charge in [0.1, 0.15) is 11.5 Å². The fourth-order valence-corrected chi connectivity index (χ4v) is 2.00. The van der Waals surface area contributed by atoms with Crippen LogP contribution in [0, 0.1) is 0 Å². The second-order valence-corrected chi connectivity index (χ2v) is 4.73. The highest BCUT2D eigenvalue weighted by atomic mass is 19.4. The molecule has 0 radical (unpaired) electrons. The van der Waals surface area contributed by atoms with Gasteiger partial charge in [-0.25, -0.2) is 9.50 Å². The largest absolute Gasteiger partial charge is 0.507 e. The van der Waals surface area contributed by atoms with Crippen molar-refractivity contribution in [1.82, 2.24) is 19.6 Å². The molecule has 0 atom stereocenters. The zero-order valence-corrected chi connectivity index (χ0v) is 12.1. The summed E-state index contributed by atoms with van der Waals surface area (Å²) in [4.78, 5) is 19.4. The first kappa shape index (κ1) is 15.7. The summed E-state index contributed by atoms with van der Waals surface area (Å²) >= 11 is 0. The molecule has 0 amide bonds. The second-order valence-electron chi connectivity index (χ2n) is 4.73. The van der Waals surface area contributed by atoms with Crippen LogP contribution >= 0.6 is 0 Å². The van der Waals surface area contributed by atoms with E-state index < -0.39 is 17.8 Å². The highest BCUT2D eigenvalue weighted by Crippen LogP contribution is 2.27. The van der Waals surface area contributed by atoms with Crippen LogP contribution in [0.5, 0.6) is 11.5 Å². The van der Waals surface area contributed by atoms with Gasteiger partial charge < -0.3 is 9.84 Å². The molecule has 0 fully saturated rings. The number of methoxy groups -OCH3 is 1. The summed E-state index contributed by atoms with van der Waals surface area (Å²) in [6.07, 6.45) is -2.60. The Morgan fingerprint density at radius 1 is 1.33 bits per heavy atom. The standard InChI is InChI=1S/C14H9F3N4O3/c1-24-8-2-3-10(22)9(4-8)11(23)7-5-18-13-19-12(14(15,16)17)20-21(13)6-7/h2-6,22H,1H3. The highest BCUT2D eigenvalue weighted by molar-refractivity contribution is 6.10. The SMILES string of the molecule is COc1ccc(O)c(C(=O)c2cnc3nc(C(F)(F)F)nn3c2)c1. The number of rotatable bonds is 3. The zero-order valence-electron chi connectivity index (χ0n) is 12.1. The molecule has 0 aliphatic rings. The van der Waals surface area contributed by atoms with E-state index in [9.17, 15) is 23.1 Å². The van der Waals surface area contributed by atoms with E-state index in [-0.39, 0.29) is 22.7 Å². The van der Waals surface area contributed by atoms with Crippen LogP contribution in [-0.4, -0.2) is 37.6 Å².